The van der Waals surface area contributed by atoms with Crippen LogP contribution in [0.25, 0.3) is 0 Å². The lowest BCUT2D eigenvalue weighted by Gasteiger charge is -2.32. The fraction of sp³-hybridized carbons (Fsp3) is 0.550. The zero-order valence-electron chi connectivity index (χ0n) is 16.0. The summed E-state index contributed by atoms with van der Waals surface area (Å²) in [7, 11) is 0. The molecule has 2 heterocycles. The molecule has 2 saturated heterocycles. The van der Waals surface area contributed by atoms with Crippen molar-refractivity contribution in [1.82, 2.24) is 15.1 Å². The number of carbonyl (C=O) groups excluding carboxylic acids is 3. The Labute approximate surface area is 167 Å². The minimum absolute atomic E-state index is 0.0365. The van der Waals surface area contributed by atoms with E-state index in [-0.39, 0.29) is 37.2 Å². The first kappa shape index (κ1) is 21.1. The maximum atomic E-state index is 12.9. The number of benzene rings is 1. The first-order valence-electron chi connectivity index (χ1n) is 9.73. The second-order valence-electron chi connectivity index (χ2n) is 7.48. The average molecular weight is 411 g/mol. The molecule has 2 aliphatic rings. The number of piperidine rings is 1. The SMILES string of the molecule is O=C(NCCN1CCCC1=O)C1CCC(=O)N(Cc2cccc(C(F)(F)F)c2)C1. The van der Waals surface area contributed by atoms with Gasteiger partial charge in [0.1, 0.15) is 0 Å². The van der Waals surface area contributed by atoms with Gasteiger partial charge in [-0.05, 0) is 30.5 Å². The van der Waals surface area contributed by atoms with Gasteiger partial charge in [0, 0.05) is 45.6 Å². The maximum Gasteiger partial charge on any atom is 0.416 e. The molecule has 6 nitrogen and oxygen atoms in total. The minimum atomic E-state index is -4.44. The first-order valence-corrected chi connectivity index (χ1v) is 9.73. The molecule has 9 heteroatoms. The van der Waals surface area contributed by atoms with Crippen LogP contribution in [0.5, 0.6) is 0 Å². The highest BCUT2D eigenvalue weighted by Crippen LogP contribution is 2.30. The summed E-state index contributed by atoms with van der Waals surface area (Å²) in [5, 5.41) is 2.81. The van der Waals surface area contributed by atoms with Crippen LogP contribution in [0, 0.1) is 5.92 Å². The molecule has 158 valence electrons. The molecule has 0 aliphatic carbocycles. The molecule has 0 bridgehead atoms. The fourth-order valence-corrected chi connectivity index (χ4v) is 3.75. The van der Waals surface area contributed by atoms with Gasteiger partial charge in [0.05, 0.1) is 11.5 Å². The normalized spacial score (nSPS) is 20.3. The van der Waals surface area contributed by atoms with E-state index in [1.54, 1.807) is 11.0 Å². The molecular formula is C20H24F3N3O3. The number of nitrogens with zero attached hydrogens (tertiary/aromatic N) is 2. The van der Waals surface area contributed by atoms with Crippen molar-refractivity contribution in [3.05, 3.63) is 35.4 Å². The molecule has 2 aliphatic heterocycles. The Bertz CT molecular complexity index is 782. The van der Waals surface area contributed by atoms with Crippen molar-refractivity contribution in [1.29, 1.82) is 0 Å². The van der Waals surface area contributed by atoms with Crippen molar-refractivity contribution < 1.29 is 27.6 Å². The van der Waals surface area contributed by atoms with Crippen molar-refractivity contribution in [2.24, 2.45) is 5.92 Å². The average Bonchev–Trinajstić information content (AvgIpc) is 3.08. The second kappa shape index (κ2) is 8.84. The van der Waals surface area contributed by atoms with Gasteiger partial charge in [-0.15, -0.1) is 0 Å². The Kier molecular flexibility index (Phi) is 6.44. The molecule has 2 fully saturated rings. The van der Waals surface area contributed by atoms with E-state index in [1.165, 1.54) is 11.0 Å². The van der Waals surface area contributed by atoms with Crippen LogP contribution in [0.2, 0.25) is 0 Å². The molecular weight excluding hydrogens is 387 g/mol. The Hall–Kier alpha value is -2.58. The summed E-state index contributed by atoms with van der Waals surface area (Å²) in [6.45, 7) is 1.72. The van der Waals surface area contributed by atoms with Gasteiger partial charge in [-0.1, -0.05) is 12.1 Å². The number of amides is 3. The van der Waals surface area contributed by atoms with Crippen LogP contribution < -0.4 is 5.32 Å². The number of likely N-dealkylation sites (tertiary alicyclic amines) is 2. The van der Waals surface area contributed by atoms with Crippen LogP contribution in [0.4, 0.5) is 13.2 Å². The van der Waals surface area contributed by atoms with Crippen LogP contribution in [0.1, 0.15) is 36.8 Å². The third-order valence-corrected chi connectivity index (χ3v) is 5.35. The topological polar surface area (TPSA) is 69.7 Å². The van der Waals surface area contributed by atoms with Crippen molar-refractivity contribution >= 4 is 17.7 Å². The summed E-state index contributed by atoms with van der Waals surface area (Å²) in [5.74, 6) is -0.685. The Morgan fingerprint density at radius 3 is 2.59 bits per heavy atom. The Morgan fingerprint density at radius 1 is 1.14 bits per heavy atom. The highest BCUT2D eigenvalue weighted by atomic mass is 19.4. The maximum absolute atomic E-state index is 12.9. The van der Waals surface area contributed by atoms with Gasteiger partial charge in [-0.25, -0.2) is 0 Å². The molecule has 0 aromatic heterocycles. The van der Waals surface area contributed by atoms with Crippen molar-refractivity contribution in [2.75, 3.05) is 26.2 Å². The van der Waals surface area contributed by atoms with Gasteiger partial charge in [0.2, 0.25) is 17.7 Å². The number of alkyl halides is 3. The van der Waals surface area contributed by atoms with E-state index in [2.05, 4.69) is 5.32 Å². The lowest BCUT2D eigenvalue weighted by molar-refractivity contribution is -0.139. The predicted octanol–water partition coefficient (Wildman–Crippen LogP) is 2.18. The zero-order chi connectivity index (χ0) is 21.0. The number of hydrogen-bond acceptors (Lipinski definition) is 3. The summed E-state index contributed by atoms with van der Waals surface area (Å²) in [6, 6.07) is 4.88. The standard InChI is InChI=1S/C20H24F3N3O3/c21-20(22,23)16-4-1-3-14(11-16)12-26-13-15(6-7-18(26)28)19(29)24-8-10-25-9-2-5-17(25)27/h1,3-4,11,15H,2,5-10,12-13H2,(H,24,29). The molecule has 1 unspecified atom stereocenters. The van der Waals surface area contributed by atoms with Gasteiger partial charge in [0.15, 0.2) is 0 Å². The first-order chi connectivity index (χ1) is 13.7. The minimum Gasteiger partial charge on any atom is -0.354 e. The van der Waals surface area contributed by atoms with Gasteiger partial charge in [-0.2, -0.15) is 13.2 Å². The molecule has 1 aromatic carbocycles. The van der Waals surface area contributed by atoms with Crippen LogP contribution in [-0.4, -0.2) is 53.7 Å². The monoisotopic (exact) mass is 411 g/mol. The summed E-state index contributed by atoms with van der Waals surface area (Å²) in [5.41, 5.74) is -0.382. The van der Waals surface area contributed by atoms with Gasteiger partial charge >= 0.3 is 6.18 Å². The molecule has 1 aromatic rings. The van der Waals surface area contributed by atoms with Gasteiger partial charge in [0.25, 0.3) is 0 Å². The van der Waals surface area contributed by atoms with Crippen molar-refractivity contribution in [2.45, 2.75) is 38.4 Å². The fourth-order valence-electron chi connectivity index (χ4n) is 3.75. The largest absolute Gasteiger partial charge is 0.416 e. The number of halogens is 3. The smallest absolute Gasteiger partial charge is 0.354 e. The van der Waals surface area contributed by atoms with Crippen molar-refractivity contribution in [3.8, 4) is 0 Å². The molecule has 0 saturated carbocycles. The molecule has 1 atom stereocenters. The number of hydrogen-bond donors (Lipinski definition) is 1. The third-order valence-electron chi connectivity index (χ3n) is 5.35. The molecule has 3 amide bonds. The van der Waals surface area contributed by atoms with Crippen molar-refractivity contribution in [3.63, 3.8) is 0 Å². The number of nitrogens with one attached hydrogen (secondary N) is 1. The zero-order valence-corrected chi connectivity index (χ0v) is 16.0. The van der Waals surface area contributed by atoms with Gasteiger partial charge in [-0.3, -0.25) is 14.4 Å². The molecule has 29 heavy (non-hydrogen) atoms. The highest BCUT2D eigenvalue weighted by molar-refractivity contribution is 5.84. The van der Waals surface area contributed by atoms with Gasteiger partial charge < -0.3 is 15.1 Å². The summed E-state index contributed by atoms with van der Waals surface area (Å²) in [4.78, 5) is 39.4. The molecule has 0 spiro atoms. The Morgan fingerprint density at radius 2 is 1.90 bits per heavy atom. The molecule has 1 N–H and O–H groups in total. The predicted molar refractivity (Wildman–Crippen MR) is 98.4 cm³/mol. The summed E-state index contributed by atoms with van der Waals surface area (Å²) in [6.07, 6.45) is -2.47. The van der Waals surface area contributed by atoms with Crippen LogP contribution >= 0.6 is 0 Å². The highest BCUT2D eigenvalue weighted by Gasteiger charge is 2.32. The van der Waals surface area contributed by atoms with E-state index in [0.29, 0.717) is 38.0 Å². The second-order valence-corrected chi connectivity index (χ2v) is 7.48. The number of carbonyl (C=O) groups is 3. The van der Waals surface area contributed by atoms with Crippen LogP contribution in [-0.2, 0) is 27.1 Å². The molecule has 0 radical (unpaired) electrons. The van der Waals surface area contributed by atoms with E-state index >= 15 is 0 Å². The van der Waals surface area contributed by atoms with E-state index in [4.69, 9.17) is 0 Å². The third kappa shape index (κ3) is 5.48. The summed E-state index contributed by atoms with van der Waals surface area (Å²) >= 11 is 0. The number of rotatable bonds is 6. The van der Waals surface area contributed by atoms with E-state index in [1.807, 2.05) is 0 Å². The van der Waals surface area contributed by atoms with Crippen LogP contribution in [0.3, 0.4) is 0 Å². The lowest BCUT2D eigenvalue weighted by atomic mass is 9.96. The quantitative estimate of drug-likeness (QED) is 0.780. The Balaban J connectivity index is 1.54. The van der Waals surface area contributed by atoms with E-state index in [9.17, 15) is 27.6 Å². The summed E-state index contributed by atoms with van der Waals surface area (Å²) < 4.78 is 38.7. The van der Waals surface area contributed by atoms with E-state index in [0.717, 1.165) is 18.6 Å². The van der Waals surface area contributed by atoms with Crippen LogP contribution in [0.15, 0.2) is 24.3 Å². The lowest BCUT2D eigenvalue weighted by Crippen LogP contribution is -2.46. The van der Waals surface area contributed by atoms with E-state index < -0.39 is 17.7 Å². The molecule has 3 rings (SSSR count).